The Morgan fingerprint density at radius 1 is 1.52 bits per heavy atom. The number of likely N-dealkylation sites (N-methyl/N-ethyl adjacent to an activating group) is 1. The molecule has 0 saturated carbocycles. The molecule has 2 fully saturated rings. The van der Waals surface area contributed by atoms with Gasteiger partial charge >= 0.3 is 0 Å². The molecule has 132 valence electrons. The minimum absolute atomic E-state index is 0. The molecule has 0 bridgehead atoms. The van der Waals surface area contributed by atoms with Gasteiger partial charge in [-0.1, -0.05) is 6.92 Å². The van der Waals surface area contributed by atoms with Gasteiger partial charge in [0.25, 0.3) is 5.91 Å². The molecule has 0 radical (unpaired) electrons. The maximum Gasteiger partial charge on any atom is 0.256 e. The van der Waals surface area contributed by atoms with Crippen molar-refractivity contribution in [3.63, 3.8) is 0 Å². The molecule has 1 aromatic rings. The van der Waals surface area contributed by atoms with Gasteiger partial charge in [0, 0.05) is 31.9 Å². The number of hydrogen-bond donors (Lipinski definition) is 2. The van der Waals surface area contributed by atoms with Gasteiger partial charge in [0.1, 0.15) is 6.10 Å². The number of carbonyl (C=O) groups excluding carboxylic acids is 1. The topological polar surface area (TPSA) is 71.4 Å². The van der Waals surface area contributed by atoms with Crippen molar-refractivity contribution in [3.8, 4) is 0 Å². The van der Waals surface area contributed by atoms with Crippen LogP contribution in [0.15, 0.2) is 12.3 Å². The first-order valence-electron chi connectivity index (χ1n) is 7.67. The molecule has 0 spiro atoms. The number of nitrogens with one attached hydrogen (secondary N) is 2. The molecule has 23 heavy (non-hydrogen) atoms. The van der Waals surface area contributed by atoms with Crippen molar-refractivity contribution in [2.45, 2.75) is 25.5 Å². The summed E-state index contributed by atoms with van der Waals surface area (Å²) in [6, 6.07) is 2.23. The van der Waals surface area contributed by atoms with Crippen LogP contribution in [0.5, 0.6) is 0 Å². The van der Waals surface area contributed by atoms with Crippen LogP contribution in [0.1, 0.15) is 19.4 Å². The molecule has 3 heterocycles. The molecule has 7 nitrogen and oxygen atoms in total. The first kappa shape index (κ1) is 20.2. The molecule has 2 atom stereocenters. The van der Waals surface area contributed by atoms with Gasteiger partial charge in [0.15, 0.2) is 5.82 Å². The van der Waals surface area contributed by atoms with E-state index in [1.807, 2.05) is 16.9 Å². The van der Waals surface area contributed by atoms with E-state index in [-0.39, 0.29) is 30.7 Å². The lowest BCUT2D eigenvalue weighted by atomic mass is 10.2. The van der Waals surface area contributed by atoms with E-state index in [9.17, 15) is 4.79 Å². The Bertz CT molecular complexity index is 493. The number of anilines is 1. The van der Waals surface area contributed by atoms with Crippen LogP contribution >= 0.6 is 24.8 Å². The molecule has 0 aromatic carbocycles. The highest BCUT2D eigenvalue weighted by atomic mass is 35.5. The van der Waals surface area contributed by atoms with Crippen molar-refractivity contribution in [2.75, 3.05) is 44.6 Å². The summed E-state index contributed by atoms with van der Waals surface area (Å²) in [6.07, 6.45) is 2.59. The second-order valence-corrected chi connectivity index (χ2v) is 5.57. The normalized spacial score (nSPS) is 24.6. The van der Waals surface area contributed by atoms with Crippen molar-refractivity contribution in [1.29, 1.82) is 0 Å². The fourth-order valence-corrected chi connectivity index (χ4v) is 2.83. The van der Waals surface area contributed by atoms with Gasteiger partial charge in [-0.15, -0.1) is 24.8 Å². The smallest absolute Gasteiger partial charge is 0.256 e. The number of halogens is 2. The highest BCUT2D eigenvalue weighted by Crippen LogP contribution is 2.16. The van der Waals surface area contributed by atoms with Crippen molar-refractivity contribution >= 4 is 36.5 Å². The van der Waals surface area contributed by atoms with Gasteiger partial charge in [-0.25, -0.2) is 0 Å². The lowest BCUT2D eigenvalue weighted by Crippen LogP contribution is -2.47. The Hall–Kier alpha value is -0.860. The highest BCUT2D eigenvalue weighted by molar-refractivity contribution is 5.93. The molecular formula is C14H25Cl2N5O2. The number of hydrogen-bond acceptors (Lipinski definition) is 5. The molecule has 2 N–H and O–H groups in total. The highest BCUT2D eigenvalue weighted by Gasteiger charge is 2.26. The number of rotatable bonds is 4. The Kier molecular flexibility index (Phi) is 8.28. The summed E-state index contributed by atoms with van der Waals surface area (Å²) in [5.74, 6) is 0.493. The summed E-state index contributed by atoms with van der Waals surface area (Å²) in [7, 11) is 0. The third-order valence-corrected chi connectivity index (χ3v) is 4.16. The summed E-state index contributed by atoms with van der Waals surface area (Å²) in [5, 5.41) is 10.6. The summed E-state index contributed by atoms with van der Waals surface area (Å²) in [4.78, 5) is 14.5. The van der Waals surface area contributed by atoms with E-state index >= 15 is 0 Å². The van der Waals surface area contributed by atoms with Crippen molar-refractivity contribution in [2.24, 2.45) is 0 Å². The average molecular weight is 366 g/mol. The number of nitrogens with zero attached hydrogens (tertiary/aromatic N) is 3. The minimum atomic E-state index is -0.406. The van der Waals surface area contributed by atoms with E-state index in [4.69, 9.17) is 4.74 Å². The maximum absolute atomic E-state index is 12.2. The number of amides is 1. The summed E-state index contributed by atoms with van der Waals surface area (Å²) in [5.41, 5.74) is 0. The van der Waals surface area contributed by atoms with Crippen LogP contribution in [-0.2, 0) is 9.53 Å². The van der Waals surface area contributed by atoms with Crippen molar-refractivity contribution in [3.05, 3.63) is 12.3 Å². The molecule has 2 unspecified atom stereocenters. The first-order chi connectivity index (χ1) is 10.3. The molecule has 2 aliphatic heterocycles. The second-order valence-electron chi connectivity index (χ2n) is 5.57. The predicted octanol–water partition coefficient (Wildman–Crippen LogP) is 0.920. The van der Waals surface area contributed by atoms with Crippen LogP contribution in [0.4, 0.5) is 5.82 Å². The zero-order valence-electron chi connectivity index (χ0n) is 13.2. The maximum atomic E-state index is 12.2. The summed E-state index contributed by atoms with van der Waals surface area (Å²) in [6.45, 7) is 7.14. The second kappa shape index (κ2) is 9.44. The van der Waals surface area contributed by atoms with Gasteiger partial charge in [0.05, 0.1) is 12.6 Å². The first-order valence-corrected chi connectivity index (χ1v) is 7.67. The molecule has 2 saturated heterocycles. The number of ether oxygens (including phenoxy) is 1. The standard InChI is InChI=1S/C14H23N5O2.2ClH/c1-2-18-7-8-21-12(10-18)14(20)16-13-4-6-19(17-13)11-3-5-15-9-11;;/h4,6,11-12,15H,2-3,5,7-10H2,1H3,(H,16,17,20);2*1H. The lowest BCUT2D eigenvalue weighted by Gasteiger charge is -2.30. The summed E-state index contributed by atoms with van der Waals surface area (Å²) >= 11 is 0. The number of morpholine rings is 1. The van der Waals surface area contributed by atoms with Crippen LogP contribution in [-0.4, -0.2) is 66.0 Å². The quantitative estimate of drug-likeness (QED) is 0.829. The van der Waals surface area contributed by atoms with Gasteiger partial charge in [0.2, 0.25) is 0 Å². The van der Waals surface area contributed by atoms with Crippen LogP contribution in [0, 0.1) is 0 Å². The Morgan fingerprint density at radius 3 is 3.04 bits per heavy atom. The summed E-state index contributed by atoms with van der Waals surface area (Å²) < 4.78 is 7.48. The predicted molar refractivity (Wildman–Crippen MR) is 93.7 cm³/mol. The molecular weight excluding hydrogens is 341 g/mol. The van der Waals surface area contributed by atoms with E-state index in [2.05, 4.69) is 27.6 Å². The monoisotopic (exact) mass is 365 g/mol. The van der Waals surface area contributed by atoms with Gasteiger partial charge < -0.3 is 15.4 Å². The number of carbonyl (C=O) groups is 1. The van der Waals surface area contributed by atoms with E-state index in [0.29, 0.717) is 25.0 Å². The Balaban J connectivity index is 0.00000132. The van der Waals surface area contributed by atoms with Crippen LogP contribution < -0.4 is 10.6 Å². The van der Waals surface area contributed by atoms with Gasteiger partial charge in [-0.3, -0.25) is 14.4 Å². The molecule has 1 amide bonds. The zero-order chi connectivity index (χ0) is 14.7. The lowest BCUT2D eigenvalue weighted by molar-refractivity contribution is -0.132. The average Bonchev–Trinajstić information content (AvgIpc) is 3.18. The van der Waals surface area contributed by atoms with E-state index in [0.717, 1.165) is 32.6 Å². The molecule has 0 aliphatic carbocycles. The molecule has 3 rings (SSSR count). The third-order valence-electron chi connectivity index (χ3n) is 4.16. The SMILES string of the molecule is CCN1CCOC(C(=O)Nc2ccn(C3CCNC3)n2)C1.Cl.Cl. The minimum Gasteiger partial charge on any atom is -0.366 e. The Morgan fingerprint density at radius 2 is 2.35 bits per heavy atom. The van der Waals surface area contributed by atoms with Gasteiger partial charge in [-0.05, 0) is 19.5 Å². The number of aromatic nitrogens is 2. The van der Waals surface area contributed by atoms with E-state index in [1.165, 1.54) is 0 Å². The molecule has 2 aliphatic rings. The van der Waals surface area contributed by atoms with E-state index in [1.54, 1.807) is 0 Å². The van der Waals surface area contributed by atoms with Gasteiger partial charge in [-0.2, -0.15) is 5.10 Å². The van der Waals surface area contributed by atoms with Crippen LogP contribution in [0.25, 0.3) is 0 Å². The molecule has 1 aromatic heterocycles. The fraction of sp³-hybridized carbons (Fsp3) is 0.714. The van der Waals surface area contributed by atoms with Crippen molar-refractivity contribution < 1.29 is 9.53 Å². The zero-order valence-corrected chi connectivity index (χ0v) is 14.9. The van der Waals surface area contributed by atoms with Crippen LogP contribution in [0.2, 0.25) is 0 Å². The Labute approximate surface area is 148 Å². The van der Waals surface area contributed by atoms with Crippen molar-refractivity contribution in [1.82, 2.24) is 20.0 Å². The third kappa shape index (κ3) is 5.06. The van der Waals surface area contributed by atoms with E-state index < -0.39 is 6.10 Å². The molecule has 9 heteroatoms. The largest absolute Gasteiger partial charge is 0.366 e. The van der Waals surface area contributed by atoms with Crippen LogP contribution in [0.3, 0.4) is 0 Å². The fourth-order valence-electron chi connectivity index (χ4n) is 2.83.